The zero-order chi connectivity index (χ0) is 16.2. The number of likely N-dealkylation sites (tertiary alicyclic amines) is 1. The molecule has 6 nitrogen and oxygen atoms in total. The van der Waals surface area contributed by atoms with E-state index in [1.165, 1.54) is 0 Å². The van der Waals surface area contributed by atoms with Crippen LogP contribution in [-0.2, 0) is 6.54 Å². The molecule has 0 aliphatic carbocycles. The number of carbonyl (C=O) groups is 1. The van der Waals surface area contributed by atoms with Crippen LogP contribution in [0.1, 0.15) is 41.9 Å². The number of nitrogens with zero attached hydrogens (tertiary/aromatic N) is 4. The number of aryl methyl sites for hydroxylation is 1. The number of carbonyl (C=O) groups excluding carboxylic acids is 1. The first-order valence-corrected chi connectivity index (χ1v) is 8.17. The van der Waals surface area contributed by atoms with Gasteiger partial charge in [-0.3, -0.25) is 4.79 Å². The molecule has 2 aromatic heterocycles. The molecule has 0 spiro atoms. The van der Waals surface area contributed by atoms with Crippen molar-refractivity contribution in [3.05, 3.63) is 42.1 Å². The Morgan fingerprint density at radius 3 is 2.78 bits per heavy atom. The molecule has 0 radical (unpaired) electrons. The van der Waals surface area contributed by atoms with Gasteiger partial charge in [-0.25, -0.2) is 9.97 Å². The molecule has 1 N–H and O–H groups in total. The Morgan fingerprint density at radius 2 is 2.09 bits per heavy atom. The number of anilines is 1. The number of hydrogen-bond donors (Lipinski definition) is 1. The van der Waals surface area contributed by atoms with E-state index in [4.69, 9.17) is 0 Å². The van der Waals surface area contributed by atoms with Gasteiger partial charge >= 0.3 is 0 Å². The summed E-state index contributed by atoms with van der Waals surface area (Å²) in [5.41, 5.74) is 0.692. The third-order valence-electron chi connectivity index (χ3n) is 4.50. The lowest BCUT2D eigenvalue weighted by molar-refractivity contribution is 0.0710. The number of imidazole rings is 1. The zero-order valence-electron chi connectivity index (χ0n) is 13.7. The van der Waals surface area contributed by atoms with Crippen molar-refractivity contribution in [2.75, 3.05) is 25.5 Å². The fourth-order valence-electron chi connectivity index (χ4n) is 3.17. The lowest BCUT2D eigenvalue weighted by atomic mass is 9.95. The summed E-state index contributed by atoms with van der Waals surface area (Å²) in [4.78, 5) is 23.2. The van der Waals surface area contributed by atoms with Crippen LogP contribution in [0.5, 0.6) is 0 Å². The molecule has 1 aliphatic heterocycles. The number of rotatable bonds is 4. The smallest absolute Gasteiger partial charge is 0.254 e. The summed E-state index contributed by atoms with van der Waals surface area (Å²) in [6, 6.07) is 3.58. The van der Waals surface area contributed by atoms with Crippen molar-refractivity contribution >= 4 is 11.7 Å². The summed E-state index contributed by atoms with van der Waals surface area (Å²) in [7, 11) is 1.80. The topological polar surface area (TPSA) is 63.1 Å². The van der Waals surface area contributed by atoms with E-state index in [2.05, 4.69) is 26.8 Å². The van der Waals surface area contributed by atoms with E-state index < -0.39 is 0 Å². The molecule has 0 bridgehead atoms. The molecule has 1 saturated heterocycles. The number of piperidine rings is 1. The zero-order valence-corrected chi connectivity index (χ0v) is 13.7. The van der Waals surface area contributed by atoms with Crippen LogP contribution in [0.15, 0.2) is 30.7 Å². The molecular weight excluding hydrogens is 290 g/mol. The first-order chi connectivity index (χ1) is 11.2. The minimum absolute atomic E-state index is 0.0844. The van der Waals surface area contributed by atoms with Crippen LogP contribution < -0.4 is 5.32 Å². The first-order valence-electron chi connectivity index (χ1n) is 8.17. The van der Waals surface area contributed by atoms with Gasteiger partial charge in [-0.15, -0.1) is 0 Å². The molecule has 0 aromatic carbocycles. The molecule has 0 saturated carbocycles. The molecule has 2 aromatic rings. The van der Waals surface area contributed by atoms with Crippen molar-refractivity contribution in [3.8, 4) is 0 Å². The third kappa shape index (κ3) is 3.21. The summed E-state index contributed by atoms with van der Waals surface area (Å²) in [6.07, 6.45) is 7.50. The normalized spacial score (nSPS) is 15.7. The van der Waals surface area contributed by atoms with Gasteiger partial charge in [0.15, 0.2) is 0 Å². The van der Waals surface area contributed by atoms with Gasteiger partial charge in [0.05, 0.1) is 0 Å². The number of aromatic nitrogens is 3. The minimum atomic E-state index is 0.0844. The Labute approximate surface area is 136 Å². The second-order valence-electron chi connectivity index (χ2n) is 5.82. The average Bonchev–Trinajstić information content (AvgIpc) is 3.10. The van der Waals surface area contributed by atoms with Crippen LogP contribution in [0.25, 0.3) is 0 Å². The maximum atomic E-state index is 12.6. The monoisotopic (exact) mass is 313 g/mol. The van der Waals surface area contributed by atoms with E-state index in [1.54, 1.807) is 25.4 Å². The highest BCUT2D eigenvalue weighted by molar-refractivity contribution is 5.94. The molecule has 1 amide bonds. The molecule has 122 valence electrons. The fourth-order valence-corrected chi connectivity index (χ4v) is 3.17. The second-order valence-corrected chi connectivity index (χ2v) is 5.82. The highest BCUT2D eigenvalue weighted by Gasteiger charge is 2.26. The van der Waals surface area contributed by atoms with E-state index in [0.717, 1.165) is 44.1 Å². The lowest BCUT2D eigenvalue weighted by Crippen LogP contribution is -2.38. The van der Waals surface area contributed by atoms with Gasteiger partial charge in [-0.05, 0) is 31.9 Å². The second kappa shape index (κ2) is 6.81. The fraction of sp³-hybridized carbons (Fsp3) is 0.471. The molecule has 3 rings (SSSR count). The van der Waals surface area contributed by atoms with Gasteiger partial charge in [0.1, 0.15) is 11.6 Å². The van der Waals surface area contributed by atoms with E-state index in [-0.39, 0.29) is 5.91 Å². The Hall–Kier alpha value is -2.37. The number of nitrogens with one attached hydrogen (secondary N) is 1. The minimum Gasteiger partial charge on any atom is -0.373 e. The number of pyridine rings is 1. The van der Waals surface area contributed by atoms with E-state index in [1.807, 2.05) is 17.3 Å². The SMILES string of the molecule is CCn1ccnc1C1CCN(C(=O)c2ccnc(NC)c2)CC1. The van der Waals surface area contributed by atoms with Crippen molar-refractivity contribution in [1.29, 1.82) is 0 Å². The number of amides is 1. The molecule has 0 atom stereocenters. The van der Waals surface area contributed by atoms with Crippen molar-refractivity contribution < 1.29 is 4.79 Å². The highest BCUT2D eigenvalue weighted by Crippen LogP contribution is 2.27. The Balaban J connectivity index is 1.65. The van der Waals surface area contributed by atoms with Crippen molar-refractivity contribution in [3.63, 3.8) is 0 Å². The van der Waals surface area contributed by atoms with E-state index in [9.17, 15) is 4.79 Å². The van der Waals surface area contributed by atoms with Crippen LogP contribution in [0.4, 0.5) is 5.82 Å². The van der Waals surface area contributed by atoms with Gasteiger partial charge in [0.2, 0.25) is 0 Å². The van der Waals surface area contributed by atoms with E-state index >= 15 is 0 Å². The molecular formula is C17H23N5O. The van der Waals surface area contributed by atoms with Crippen molar-refractivity contribution in [1.82, 2.24) is 19.4 Å². The van der Waals surface area contributed by atoms with Crippen LogP contribution in [-0.4, -0.2) is 45.5 Å². The van der Waals surface area contributed by atoms with Crippen LogP contribution >= 0.6 is 0 Å². The summed E-state index contributed by atoms with van der Waals surface area (Å²) in [6.45, 7) is 4.62. The quantitative estimate of drug-likeness (QED) is 0.941. The molecule has 3 heterocycles. The van der Waals surface area contributed by atoms with Gasteiger partial charge < -0.3 is 14.8 Å². The summed E-state index contributed by atoms with van der Waals surface area (Å²) in [5, 5.41) is 2.97. The van der Waals surface area contributed by atoms with Gasteiger partial charge in [-0.1, -0.05) is 0 Å². The molecule has 1 aliphatic rings. The first kappa shape index (κ1) is 15.5. The van der Waals surface area contributed by atoms with Crippen molar-refractivity contribution in [2.24, 2.45) is 0 Å². The van der Waals surface area contributed by atoms with Gasteiger partial charge in [0, 0.05) is 56.8 Å². The molecule has 0 unspecified atom stereocenters. The standard InChI is InChI=1S/C17H23N5O/c1-3-21-11-8-20-16(21)13-5-9-22(10-6-13)17(23)14-4-7-19-15(12-14)18-2/h4,7-8,11-13H,3,5-6,9-10H2,1-2H3,(H,18,19). The lowest BCUT2D eigenvalue weighted by Gasteiger charge is -2.32. The maximum Gasteiger partial charge on any atom is 0.254 e. The molecule has 6 heteroatoms. The number of hydrogen-bond acceptors (Lipinski definition) is 4. The van der Waals surface area contributed by atoms with Crippen LogP contribution in [0.2, 0.25) is 0 Å². The Kier molecular flexibility index (Phi) is 4.60. The highest BCUT2D eigenvalue weighted by atomic mass is 16.2. The largest absolute Gasteiger partial charge is 0.373 e. The molecule has 1 fully saturated rings. The van der Waals surface area contributed by atoms with Gasteiger partial charge in [-0.2, -0.15) is 0 Å². The van der Waals surface area contributed by atoms with Gasteiger partial charge in [0.25, 0.3) is 5.91 Å². The van der Waals surface area contributed by atoms with Crippen LogP contribution in [0.3, 0.4) is 0 Å². The Bertz CT molecular complexity index is 673. The summed E-state index contributed by atoms with van der Waals surface area (Å²) < 4.78 is 2.20. The summed E-state index contributed by atoms with van der Waals surface area (Å²) >= 11 is 0. The van der Waals surface area contributed by atoms with E-state index in [0.29, 0.717) is 11.5 Å². The molecule has 23 heavy (non-hydrogen) atoms. The predicted molar refractivity (Wildman–Crippen MR) is 89.6 cm³/mol. The third-order valence-corrected chi connectivity index (χ3v) is 4.50. The van der Waals surface area contributed by atoms with Crippen molar-refractivity contribution in [2.45, 2.75) is 32.2 Å². The average molecular weight is 313 g/mol. The summed E-state index contributed by atoms with van der Waals surface area (Å²) in [5.74, 6) is 2.40. The maximum absolute atomic E-state index is 12.6. The predicted octanol–water partition coefficient (Wildman–Crippen LogP) is 2.36. The Morgan fingerprint density at radius 1 is 1.30 bits per heavy atom. The van der Waals surface area contributed by atoms with Crippen LogP contribution in [0, 0.1) is 0 Å².